The van der Waals surface area contributed by atoms with Crippen molar-refractivity contribution in [2.45, 2.75) is 56.8 Å². The number of carbonyl (C=O) groups excluding carboxylic acids is 1. The first kappa shape index (κ1) is 17.5. The van der Waals surface area contributed by atoms with Gasteiger partial charge in [0, 0.05) is 12.1 Å². The van der Waals surface area contributed by atoms with Gasteiger partial charge in [-0.25, -0.2) is 13.2 Å². The molecule has 0 aromatic rings. The fourth-order valence-electron chi connectivity index (χ4n) is 3.05. The van der Waals surface area contributed by atoms with E-state index in [4.69, 9.17) is 10.5 Å². The molecule has 0 saturated carbocycles. The molecular weight excluding hydrogens is 308 g/mol. The minimum atomic E-state index is -3.06. The molecule has 0 bridgehead atoms. The smallest absolute Gasteiger partial charge is 0.410 e. The van der Waals surface area contributed by atoms with E-state index < -0.39 is 32.7 Å². The number of aliphatic hydroxyl groups is 1. The minimum Gasteiger partial charge on any atom is -0.444 e. The van der Waals surface area contributed by atoms with Crippen molar-refractivity contribution in [1.82, 2.24) is 4.90 Å². The summed E-state index contributed by atoms with van der Waals surface area (Å²) in [6.07, 6.45) is 0.292. The van der Waals surface area contributed by atoms with E-state index in [9.17, 15) is 18.3 Å². The van der Waals surface area contributed by atoms with Crippen molar-refractivity contribution in [2.24, 2.45) is 5.73 Å². The Hall–Kier alpha value is -0.860. The van der Waals surface area contributed by atoms with Crippen molar-refractivity contribution in [3.8, 4) is 0 Å². The van der Waals surface area contributed by atoms with Crippen molar-refractivity contribution in [3.05, 3.63) is 0 Å². The van der Waals surface area contributed by atoms with Gasteiger partial charge in [0.05, 0.1) is 18.1 Å². The molecule has 22 heavy (non-hydrogen) atoms. The third-order valence-electron chi connectivity index (χ3n) is 4.54. The highest BCUT2D eigenvalue weighted by molar-refractivity contribution is 7.91. The van der Waals surface area contributed by atoms with Gasteiger partial charge in [0.25, 0.3) is 0 Å². The van der Waals surface area contributed by atoms with Crippen LogP contribution in [-0.4, -0.2) is 65.9 Å². The van der Waals surface area contributed by atoms with Crippen LogP contribution in [0, 0.1) is 0 Å². The quantitative estimate of drug-likeness (QED) is 0.712. The average molecular weight is 334 g/mol. The fraction of sp³-hybridized carbons (Fsp3) is 0.929. The Morgan fingerprint density at radius 1 is 1.23 bits per heavy atom. The molecule has 0 aromatic heterocycles. The van der Waals surface area contributed by atoms with Crippen LogP contribution in [0.15, 0.2) is 0 Å². The van der Waals surface area contributed by atoms with Gasteiger partial charge in [0.2, 0.25) is 0 Å². The predicted molar refractivity (Wildman–Crippen MR) is 82.2 cm³/mol. The topological polar surface area (TPSA) is 110 Å². The lowest BCUT2D eigenvalue weighted by molar-refractivity contribution is -0.0347. The van der Waals surface area contributed by atoms with Gasteiger partial charge in [-0.1, -0.05) is 0 Å². The van der Waals surface area contributed by atoms with Crippen molar-refractivity contribution < 1.29 is 23.1 Å². The highest BCUT2D eigenvalue weighted by Gasteiger charge is 2.54. The number of rotatable bonds is 1. The number of hydrogen-bond donors (Lipinski definition) is 2. The third-order valence-corrected chi connectivity index (χ3v) is 6.20. The molecule has 2 saturated heterocycles. The van der Waals surface area contributed by atoms with Crippen LogP contribution in [0.3, 0.4) is 0 Å². The maximum atomic E-state index is 12.1. The number of amides is 1. The van der Waals surface area contributed by atoms with Gasteiger partial charge in [-0.15, -0.1) is 0 Å². The van der Waals surface area contributed by atoms with E-state index in [-0.39, 0.29) is 30.9 Å². The highest BCUT2D eigenvalue weighted by Crippen LogP contribution is 2.38. The van der Waals surface area contributed by atoms with Gasteiger partial charge in [-0.3, -0.25) is 0 Å². The van der Waals surface area contributed by atoms with Crippen LogP contribution in [0.5, 0.6) is 0 Å². The Kier molecular flexibility index (Phi) is 4.25. The predicted octanol–water partition coefficient (Wildman–Crippen LogP) is 0.264. The summed E-state index contributed by atoms with van der Waals surface area (Å²) in [5.74, 6) is -0.0313. The summed E-state index contributed by atoms with van der Waals surface area (Å²) < 4.78 is 28.4. The summed E-state index contributed by atoms with van der Waals surface area (Å²) >= 11 is 0. The summed E-state index contributed by atoms with van der Waals surface area (Å²) in [5.41, 5.74) is 3.47. The van der Waals surface area contributed by atoms with Crippen LogP contribution in [-0.2, 0) is 14.6 Å². The molecule has 0 radical (unpaired) electrons. The standard InChI is InChI=1S/C14H26N2O5S/c1-12(2,3)21-11(17)16-7-4-14(18,10-16)13(15)5-8-22(19,20)9-6-13/h18H,4-10,15H2,1-3H3. The number of hydrogen-bond acceptors (Lipinski definition) is 6. The Morgan fingerprint density at radius 2 is 1.77 bits per heavy atom. The monoisotopic (exact) mass is 334 g/mol. The first-order valence-corrected chi connectivity index (χ1v) is 9.38. The Bertz CT molecular complexity index is 540. The Morgan fingerprint density at radius 3 is 2.27 bits per heavy atom. The molecule has 2 rings (SSSR count). The molecule has 7 nitrogen and oxygen atoms in total. The zero-order valence-electron chi connectivity index (χ0n) is 13.5. The highest BCUT2D eigenvalue weighted by atomic mass is 32.2. The molecule has 2 heterocycles. The second kappa shape index (κ2) is 5.35. The minimum absolute atomic E-state index is 0.0156. The molecule has 2 aliphatic rings. The number of likely N-dealkylation sites (tertiary alicyclic amines) is 1. The van der Waals surface area contributed by atoms with Crippen molar-refractivity contribution >= 4 is 15.9 Å². The number of β-amino-alcohol motifs (C(OH)–C–C–N with tert-alkyl or cyclic N) is 1. The van der Waals surface area contributed by atoms with E-state index in [0.717, 1.165) is 0 Å². The number of nitrogens with zero attached hydrogens (tertiary/aromatic N) is 1. The Balaban J connectivity index is 2.06. The van der Waals surface area contributed by atoms with Crippen LogP contribution in [0.25, 0.3) is 0 Å². The molecule has 0 aromatic carbocycles. The first-order chi connectivity index (χ1) is 9.86. The summed E-state index contributed by atoms with van der Waals surface area (Å²) in [6.45, 7) is 5.78. The molecule has 0 aliphatic carbocycles. The number of ether oxygens (including phenoxy) is 1. The van der Waals surface area contributed by atoms with Gasteiger partial charge in [-0.2, -0.15) is 0 Å². The maximum Gasteiger partial charge on any atom is 0.410 e. The zero-order valence-corrected chi connectivity index (χ0v) is 14.3. The SMILES string of the molecule is CC(C)(C)OC(=O)N1CCC(O)(C2(N)CCS(=O)(=O)CC2)C1. The summed E-state index contributed by atoms with van der Waals surface area (Å²) in [6, 6.07) is 0. The molecular formula is C14H26N2O5S. The van der Waals surface area contributed by atoms with Crippen molar-refractivity contribution in [1.29, 1.82) is 0 Å². The molecule has 3 N–H and O–H groups in total. The molecule has 8 heteroatoms. The summed E-state index contributed by atoms with van der Waals surface area (Å²) in [4.78, 5) is 13.5. The molecule has 1 amide bonds. The second-order valence-corrected chi connectivity index (χ2v) is 9.80. The van der Waals surface area contributed by atoms with Gasteiger partial charge in [-0.05, 0) is 40.0 Å². The summed E-state index contributed by atoms with van der Waals surface area (Å²) in [5, 5.41) is 10.9. The summed E-state index contributed by atoms with van der Waals surface area (Å²) in [7, 11) is -3.06. The first-order valence-electron chi connectivity index (χ1n) is 7.56. The molecule has 2 aliphatic heterocycles. The van der Waals surface area contributed by atoms with Crippen LogP contribution in [0.4, 0.5) is 4.79 Å². The van der Waals surface area contributed by atoms with Crippen LogP contribution in [0.2, 0.25) is 0 Å². The van der Waals surface area contributed by atoms with Gasteiger partial charge >= 0.3 is 6.09 Å². The van der Waals surface area contributed by atoms with E-state index in [2.05, 4.69) is 0 Å². The lowest BCUT2D eigenvalue weighted by atomic mass is 9.75. The molecule has 1 atom stereocenters. The van der Waals surface area contributed by atoms with Crippen LogP contribution < -0.4 is 5.73 Å². The molecule has 1 unspecified atom stereocenters. The zero-order chi connectivity index (χ0) is 16.8. The Labute approximate surface area is 131 Å². The lowest BCUT2D eigenvalue weighted by Gasteiger charge is -2.44. The lowest BCUT2D eigenvalue weighted by Crippen LogP contribution is -2.64. The van der Waals surface area contributed by atoms with E-state index >= 15 is 0 Å². The number of nitrogens with two attached hydrogens (primary N) is 1. The largest absolute Gasteiger partial charge is 0.444 e. The molecule has 128 valence electrons. The molecule has 0 spiro atoms. The van der Waals surface area contributed by atoms with E-state index in [1.807, 2.05) is 0 Å². The van der Waals surface area contributed by atoms with Gasteiger partial charge in [0.15, 0.2) is 0 Å². The van der Waals surface area contributed by atoms with Crippen LogP contribution in [0.1, 0.15) is 40.0 Å². The van der Waals surface area contributed by atoms with Crippen molar-refractivity contribution in [2.75, 3.05) is 24.6 Å². The van der Waals surface area contributed by atoms with Crippen LogP contribution >= 0.6 is 0 Å². The van der Waals surface area contributed by atoms with Gasteiger partial charge in [0.1, 0.15) is 21.0 Å². The third kappa shape index (κ3) is 3.55. The van der Waals surface area contributed by atoms with E-state index in [1.165, 1.54) is 4.90 Å². The van der Waals surface area contributed by atoms with E-state index in [0.29, 0.717) is 13.0 Å². The fourth-order valence-corrected chi connectivity index (χ4v) is 4.60. The average Bonchev–Trinajstić information content (AvgIpc) is 2.76. The second-order valence-electron chi connectivity index (χ2n) is 7.49. The number of carbonyl (C=O) groups is 1. The normalized spacial score (nSPS) is 31.0. The van der Waals surface area contributed by atoms with Crippen molar-refractivity contribution in [3.63, 3.8) is 0 Å². The van der Waals surface area contributed by atoms with Gasteiger partial charge < -0.3 is 20.5 Å². The number of sulfone groups is 1. The maximum absolute atomic E-state index is 12.1. The van der Waals surface area contributed by atoms with E-state index in [1.54, 1.807) is 20.8 Å². The molecule has 2 fully saturated rings.